The molecule has 0 saturated carbocycles. The van der Waals surface area contributed by atoms with E-state index in [1.165, 1.54) is 12.1 Å². The Morgan fingerprint density at radius 2 is 1.92 bits per heavy atom. The molecule has 3 aromatic rings. The summed E-state index contributed by atoms with van der Waals surface area (Å²) in [4.78, 5) is 23.3. The fourth-order valence-electron chi connectivity index (χ4n) is 2.41. The third-order valence-electron chi connectivity index (χ3n) is 3.62. The van der Waals surface area contributed by atoms with Gasteiger partial charge in [0.1, 0.15) is 5.69 Å². The maximum atomic E-state index is 12.4. The van der Waals surface area contributed by atoms with Crippen LogP contribution in [0.15, 0.2) is 59.1 Å². The lowest BCUT2D eigenvalue weighted by Gasteiger charge is -2.07. The molecule has 0 radical (unpaired) electrons. The molecule has 1 N–H and O–H groups in total. The van der Waals surface area contributed by atoms with Crippen LogP contribution >= 0.6 is 0 Å². The Kier molecular flexibility index (Phi) is 4.56. The average molecular weight is 337 g/mol. The van der Waals surface area contributed by atoms with Gasteiger partial charge in [-0.15, -0.1) is 0 Å². The number of anilines is 1. The molecule has 25 heavy (non-hydrogen) atoms. The predicted octanol–water partition coefficient (Wildman–Crippen LogP) is 3.73. The van der Waals surface area contributed by atoms with Crippen LogP contribution in [0.25, 0.3) is 0 Å². The standard InChI is InChI=1S/C18H15N3O4/c1-12-9-15(25-20-12)11-19-16-8-7-14(10-17(16)21(23)24)18(22)13-5-3-2-4-6-13/h2-10,19H,11H2,1H3. The molecule has 0 amide bonds. The fraction of sp³-hybridized carbons (Fsp3) is 0.111. The number of aryl methyl sites for hydroxylation is 1. The Balaban J connectivity index is 1.85. The molecule has 0 spiro atoms. The minimum Gasteiger partial charge on any atom is -0.372 e. The van der Waals surface area contributed by atoms with E-state index >= 15 is 0 Å². The first-order valence-corrected chi connectivity index (χ1v) is 7.59. The van der Waals surface area contributed by atoms with E-state index in [-0.39, 0.29) is 23.6 Å². The third-order valence-corrected chi connectivity index (χ3v) is 3.62. The van der Waals surface area contributed by atoms with Gasteiger partial charge in [-0.2, -0.15) is 0 Å². The molecule has 3 rings (SSSR count). The van der Waals surface area contributed by atoms with Crippen LogP contribution in [0.5, 0.6) is 0 Å². The quantitative estimate of drug-likeness (QED) is 0.418. The topological polar surface area (TPSA) is 98.3 Å². The predicted molar refractivity (Wildman–Crippen MR) is 91.5 cm³/mol. The van der Waals surface area contributed by atoms with Crippen molar-refractivity contribution in [2.45, 2.75) is 13.5 Å². The SMILES string of the molecule is Cc1cc(CNc2ccc(C(=O)c3ccccc3)cc2[N+](=O)[O-])on1. The number of nitro groups is 1. The maximum absolute atomic E-state index is 12.4. The van der Waals surface area contributed by atoms with Gasteiger partial charge in [-0.25, -0.2) is 0 Å². The smallest absolute Gasteiger partial charge is 0.293 e. The van der Waals surface area contributed by atoms with Gasteiger partial charge in [-0.3, -0.25) is 14.9 Å². The van der Waals surface area contributed by atoms with E-state index in [1.54, 1.807) is 49.4 Å². The Labute approximate surface area is 143 Å². The lowest BCUT2D eigenvalue weighted by molar-refractivity contribution is -0.384. The lowest BCUT2D eigenvalue weighted by atomic mass is 10.0. The van der Waals surface area contributed by atoms with Crippen molar-refractivity contribution in [1.29, 1.82) is 0 Å². The molecule has 7 nitrogen and oxygen atoms in total. The van der Waals surface area contributed by atoms with Gasteiger partial charge in [-0.1, -0.05) is 35.5 Å². The summed E-state index contributed by atoms with van der Waals surface area (Å²) < 4.78 is 5.07. The minimum absolute atomic E-state index is 0.169. The highest BCUT2D eigenvalue weighted by molar-refractivity contribution is 6.09. The molecule has 0 bridgehead atoms. The van der Waals surface area contributed by atoms with Crippen molar-refractivity contribution >= 4 is 17.2 Å². The molecule has 1 aromatic heterocycles. The molecule has 0 atom stereocenters. The Hall–Kier alpha value is -3.48. The first-order valence-electron chi connectivity index (χ1n) is 7.59. The number of nitrogens with one attached hydrogen (secondary N) is 1. The van der Waals surface area contributed by atoms with Gasteiger partial charge in [0.2, 0.25) is 0 Å². The van der Waals surface area contributed by atoms with Crippen LogP contribution in [0.2, 0.25) is 0 Å². The number of ketones is 1. The largest absolute Gasteiger partial charge is 0.372 e. The Bertz CT molecular complexity index is 919. The summed E-state index contributed by atoms with van der Waals surface area (Å²) in [5, 5.41) is 18.1. The molecular weight excluding hydrogens is 322 g/mol. The lowest BCUT2D eigenvalue weighted by Crippen LogP contribution is -2.06. The molecule has 0 saturated heterocycles. The van der Waals surface area contributed by atoms with E-state index in [4.69, 9.17) is 4.52 Å². The van der Waals surface area contributed by atoms with Gasteiger partial charge in [-0.05, 0) is 19.1 Å². The summed E-state index contributed by atoms with van der Waals surface area (Å²) in [6.45, 7) is 2.05. The van der Waals surface area contributed by atoms with Crippen molar-refractivity contribution in [2.75, 3.05) is 5.32 Å². The summed E-state index contributed by atoms with van der Waals surface area (Å²) in [5.41, 5.74) is 1.62. The van der Waals surface area contributed by atoms with Gasteiger partial charge in [0.05, 0.1) is 17.2 Å². The molecular formula is C18H15N3O4. The number of nitrogens with zero attached hydrogens (tertiary/aromatic N) is 2. The van der Waals surface area contributed by atoms with Gasteiger partial charge >= 0.3 is 0 Å². The van der Waals surface area contributed by atoms with Crippen molar-refractivity contribution in [3.05, 3.63) is 87.3 Å². The number of carbonyl (C=O) groups is 1. The summed E-state index contributed by atoms with van der Waals surface area (Å²) in [6.07, 6.45) is 0. The van der Waals surface area contributed by atoms with Crippen LogP contribution in [-0.2, 0) is 6.54 Å². The molecule has 0 aliphatic heterocycles. The molecule has 7 heteroatoms. The molecule has 0 unspecified atom stereocenters. The first-order chi connectivity index (χ1) is 12.0. The summed E-state index contributed by atoms with van der Waals surface area (Å²) >= 11 is 0. The Morgan fingerprint density at radius 3 is 2.56 bits per heavy atom. The molecule has 0 aliphatic carbocycles. The highest BCUT2D eigenvalue weighted by Gasteiger charge is 2.18. The highest BCUT2D eigenvalue weighted by atomic mass is 16.6. The molecule has 0 aliphatic rings. The molecule has 1 heterocycles. The second kappa shape index (κ2) is 6.96. The number of hydrogen-bond donors (Lipinski definition) is 1. The normalized spacial score (nSPS) is 10.4. The second-order valence-electron chi connectivity index (χ2n) is 5.47. The van der Waals surface area contributed by atoms with E-state index in [0.717, 1.165) is 5.69 Å². The van der Waals surface area contributed by atoms with Crippen molar-refractivity contribution < 1.29 is 14.2 Å². The summed E-state index contributed by atoms with van der Waals surface area (Å²) in [7, 11) is 0. The molecule has 126 valence electrons. The fourth-order valence-corrected chi connectivity index (χ4v) is 2.41. The number of nitro benzene ring substituents is 1. The van der Waals surface area contributed by atoms with Crippen molar-refractivity contribution in [3.63, 3.8) is 0 Å². The van der Waals surface area contributed by atoms with Crippen LogP contribution in [0.1, 0.15) is 27.4 Å². The highest BCUT2D eigenvalue weighted by Crippen LogP contribution is 2.27. The monoisotopic (exact) mass is 337 g/mol. The van der Waals surface area contributed by atoms with Gasteiger partial charge in [0, 0.05) is 23.3 Å². The van der Waals surface area contributed by atoms with Crippen LogP contribution < -0.4 is 5.32 Å². The van der Waals surface area contributed by atoms with E-state index in [0.29, 0.717) is 17.0 Å². The van der Waals surface area contributed by atoms with Crippen molar-refractivity contribution in [3.8, 4) is 0 Å². The molecule has 0 fully saturated rings. The first kappa shape index (κ1) is 16.4. The number of carbonyl (C=O) groups excluding carboxylic acids is 1. The van der Waals surface area contributed by atoms with Gasteiger partial charge in [0.15, 0.2) is 11.5 Å². The van der Waals surface area contributed by atoms with Crippen LogP contribution in [-0.4, -0.2) is 15.9 Å². The van der Waals surface area contributed by atoms with E-state index < -0.39 is 4.92 Å². The second-order valence-corrected chi connectivity index (χ2v) is 5.47. The van der Waals surface area contributed by atoms with E-state index in [9.17, 15) is 14.9 Å². The van der Waals surface area contributed by atoms with Gasteiger partial charge in [0.25, 0.3) is 5.69 Å². The average Bonchev–Trinajstić information content (AvgIpc) is 3.05. The minimum atomic E-state index is -0.518. The number of aromatic nitrogens is 1. The van der Waals surface area contributed by atoms with Crippen LogP contribution in [0, 0.1) is 17.0 Å². The number of benzene rings is 2. The Morgan fingerprint density at radius 1 is 1.16 bits per heavy atom. The van der Waals surface area contributed by atoms with Gasteiger partial charge < -0.3 is 9.84 Å². The van der Waals surface area contributed by atoms with Crippen molar-refractivity contribution in [2.24, 2.45) is 0 Å². The number of rotatable bonds is 6. The van der Waals surface area contributed by atoms with Crippen molar-refractivity contribution in [1.82, 2.24) is 5.16 Å². The van der Waals surface area contributed by atoms with E-state index in [2.05, 4.69) is 10.5 Å². The zero-order valence-electron chi connectivity index (χ0n) is 13.4. The maximum Gasteiger partial charge on any atom is 0.293 e. The van der Waals surface area contributed by atoms with Crippen LogP contribution in [0.4, 0.5) is 11.4 Å². The third kappa shape index (κ3) is 3.72. The number of hydrogen-bond acceptors (Lipinski definition) is 6. The zero-order valence-corrected chi connectivity index (χ0v) is 13.4. The summed E-state index contributed by atoms with van der Waals surface area (Å²) in [6, 6.07) is 14.8. The summed E-state index contributed by atoms with van der Waals surface area (Å²) in [5.74, 6) is 0.303. The van der Waals surface area contributed by atoms with Crippen LogP contribution in [0.3, 0.4) is 0 Å². The zero-order chi connectivity index (χ0) is 17.8. The molecule has 2 aromatic carbocycles. The van der Waals surface area contributed by atoms with E-state index in [1.807, 2.05) is 0 Å².